The summed E-state index contributed by atoms with van der Waals surface area (Å²) in [7, 11) is 3.16. The van der Waals surface area contributed by atoms with Crippen molar-refractivity contribution in [3.63, 3.8) is 0 Å². The average molecular weight is 445 g/mol. The van der Waals surface area contributed by atoms with Crippen LogP contribution in [0.5, 0.6) is 11.5 Å². The molecule has 0 saturated heterocycles. The van der Waals surface area contributed by atoms with E-state index in [9.17, 15) is 18.0 Å². The van der Waals surface area contributed by atoms with Gasteiger partial charge in [0.25, 0.3) is 5.56 Å². The van der Waals surface area contributed by atoms with E-state index < -0.39 is 11.7 Å². The minimum Gasteiger partial charge on any atom is -0.493 e. The first-order valence-electron chi connectivity index (χ1n) is 10.0. The van der Waals surface area contributed by atoms with Crippen LogP contribution in [0.25, 0.3) is 11.4 Å². The van der Waals surface area contributed by atoms with Crippen molar-refractivity contribution in [2.45, 2.75) is 25.7 Å². The predicted octanol–water partition coefficient (Wildman–Crippen LogP) is 4.03. The van der Waals surface area contributed by atoms with Crippen LogP contribution in [0.15, 0.2) is 47.3 Å². The molecule has 0 saturated carbocycles. The molecule has 4 rings (SSSR count). The molecule has 0 amide bonds. The Morgan fingerprint density at radius 1 is 1.06 bits per heavy atom. The third-order valence-electron chi connectivity index (χ3n) is 5.49. The quantitative estimate of drug-likeness (QED) is 0.642. The van der Waals surface area contributed by atoms with Crippen LogP contribution >= 0.6 is 0 Å². The summed E-state index contributed by atoms with van der Waals surface area (Å²) in [5.41, 5.74) is 1.69. The number of halogens is 3. The van der Waals surface area contributed by atoms with Crippen LogP contribution in [0.2, 0.25) is 0 Å². The Hall–Kier alpha value is -3.33. The Morgan fingerprint density at radius 2 is 1.78 bits per heavy atom. The molecule has 2 heterocycles. The first-order chi connectivity index (χ1) is 15.3. The molecule has 168 valence electrons. The highest BCUT2D eigenvalue weighted by Crippen LogP contribution is 2.31. The Bertz CT molecular complexity index is 1170. The molecule has 0 aliphatic carbocycles. The number of methoxy groups -OCH3 is 2. The van der Waals surface area contributed by atoms with Crippen molar-refractivity contribution >= 4 is 0 Å². The molecule has 32 heavy (non-hydrogen) atoms. The lowest BCUT2D eigenvalue weighted by molar-refractivity contribution is -0.137. The van der Waals surface area contributed by atoms with Gasteiger partial charge in [0, 0.05) is 31.6 Å². The molecule has 0 radical (unpaired) electrons. The SMILES string of the molecule is COc1ccc(CN2CCc3nc(-c4ccc(C(F)(F)F)cc4)[nH]c(=O)c3C2)cc1OC. The van der Waals surface area contributed by atoms with Gasteiger partial charge in [-0.15, -0.1) is 0 Å². The van der Waals surface area contributed by atoms with Gasteiger partial charge in [-0.05, 0) is 29.8 Å². The number of nitrogens with one attached hydrogen (secondary N) is 1. The third-order valence-corrected chi connectivity index (χ3v) is 5.49. The lowest BCUT2D eigenvalue weighted by Crippen LogP contribution is -2.35. The number of nitrogens with zero attached hydrogens (tertiary/aromatic N) is 2. The zero-order valence-electron chi connectivity index (χ0n) is 17.6. The van der Waals surface area contributed by atoms with Gasteiger partial charge in [0.15, 0.2) is 11.5 Å². The van der Waals surface area contributed by atoms with E-state index in [0.717, 1.165) is 17.7 Å². The highest BCUT2D eigenvalue weighted by atomic mass is 19.4. The van der Waals surface area contributed by atoms with E-state index in [1.807, 2.05) is 18.2 Å². The summed E-state index contributed by atoms with van der Waals surface area (Å²) in [5.74, 6) is 1.57. The van der Waals surface area contributed by atoms with Gasteiger partial charge in [-0.25, -0.2) is 4.98 Å². The van der Waals surface area contributed by atoms with Gasteiger partial charge in [-0.2, -0.15) is 13.2 Å². The average Bonchev–Trinajstić information content (AvgIpc) is 2.78. The van der Waals surface area contributed by atoms with Gasteiger partial charge in [0.05, 0.1) is 31.0 Å². The first-order valence-corrected chi connectivity index (χ1v) is 10.0. The summed E-state index contributed by atoms with van der Waals surface area (Å²) in [5, 5.41) is 0. The van der Waals surface area contributed by atoms with E-state index in [1.165, 1.54) is 12.1 Å². The molecule has 6 nitrogen and oxygen atoms in total. The Morgan fingerprint density at radius 3 is 2.44 bits per heavy atom. The number of fused-ring (bicyclic) bond motifs is 1. The summed E-state index contributed by atoms with van der Waals surface area (Å²) in [6.07, 6.45) is -3.84. The number of ether oxygens (including phenoxy) is 2. The largest absolute Gasteiger partial charge is 0.493 e. The van der Waals surface area contributed by atoms with E-state index in [1.54, 1.807) is 14.2 Å². The highest BCUT2D eigenvalue weighted by molar-refractivity contribution is 5.56. The smallest absolute Gasteiger partial charge is 0.416 e. The van der Waals surface area contributed by atoms with Crippen LogP contribution in [0, 0.1) is 0 Å². The molecule has 3 aromatic rings. The van der Waals surface area contributed by atoms with Crippen molar-refractivity contribution in [3.8, 4) is 22.9 Å². The molecule has 9 heteroatoms. The van der Waals surface area contributed by atoms with Crippen LogP contribution in [-0.2, 0) is 25.7 Å². The number of rotatable bonds is 5. The molecule has 1 aromatic heterocycles. The van der Waals surface area contributed by atoms with Crippen molar-refractivity contribution in [2.75, 3.05) is 20.8 Å². The van der Waals surface area contributed by atoms with Crippen molar-refractivity contribution < 1.29 is 22.6 Å². The molecule has 2 aromatic carbocycles. The number of aromatic amines is 1. The van der Waals surface area contributed by atoms with Crippen LogP contribution in [0.3, 0.4) is 0 Å². The topological polar surface area (TPSA) is 67.5 Å². The molecular formula is C23H22F3N3O3. The molecule has 0 atom stereocenters. The highest BCUT2D eigenvalue weighted by Gasteiger charge is 2.30. The number of benzene rings is 2. The Kier molecular flexibility index (Phi) is 5.92. The normalized spacial score (nSPS) is 14.2. The zero-order valence-corrected chi connectivity index (χ0v) is 17.6. The van der Waals surface area contributed by atoms with Crippen molar-refractivity contribution in [2.24, 2.45) is 0 Å². The van der Waals surface area contributed by atoms with E-state index >= 15 is 0 Å². The maximum Gasteiger partial charge on any atom is 0.416 e. The van der Waals surface area contributed by atoms with Crippen LogP contribution in [0.4, 0.5) is 13.2 Å². The van der Waals surface area contributed by atoms with Crippen molar-refractivity contribution in [1.82, 2.24) is 14.9 Å². The molecule has 1 aliphatic rings. The van der Waals surface area contributed by atoms with Gasteiger partial charge in [-0.3, -0.25) is 9.69 Å². The van der Waals surface area contributed by atoms with Crippen molar-refractivity contribution in [3.05, 3.63) is 75.2 Å². The molecular weight excluding hydrogens is 423 g/mol. The molecule has 0 spiro atoms. The lowest BCUT2D eigenvalue weighted by Gasteiger charge is -2.28. The standard InChI is InChI=1S/C23H22F3N3O3/c1-31-19-8-3-14(11-20(19)32-2)12-29-10-9-18-17(13-29)22(30)28-21(27-18)15-4-6-16(7-5-15)23(24,25)26/h3-8,11H,9-10,12-13H2,1-2H3,(H,27,28,30). The van der Waals surface area contributed by atoms with E-state index in [2.05, 4.69) is 14.9 Å². The number of hydrogen-bond donors (Lipinski definition) is 1. The second-order valence-corrected chi connectivity index (χ2v) is 7.56. The summed E-state index contributed by atoms with van der Waals surface area (Å²) >= 11 is 0. The molecule has 0 unspecified atom stereocenters. The Balaban J connectivity index is 1.53. The van der Waals surface area contributed by atoms with Gasteiger partial charge in [0.2, 0.25) is 0 Å². The maximum absolute atomic E-state index is 12.8. The molecule has 0 fully saturated rings. The van der Waals surface area contributed by atoms with Crippen molar-refractivity contribution in [1.29, 1.82) is 0 Å². The summed E-state index contributed by atoms with van der Waals surface area (Å²) in [6.45, 7) is 1.75. The molecule has 1 N–H and O–H groups in total. The third kappa shape index (κ3) is 4.47. The number of H-pyrrole nitrogens is 1. The minimum atomic E-state index is -4.41. The summed E-state index contributed by atoms with van der Waals surface area (Å²) in [4.78, 5) is 22.1. The van der Waals surface area contributed by atoms with Gasteiger partial charge >= 0.3 is 6.18 Å². The van der Waals surface area contributed by atoms with Gasteiger partial charge in [0.1, 0.15) is 5.82 Å². The zero-order chi connectivity index (χ0) is 22.9. The number of alkyl halides is 3. The molecule has 0 bridgehead atoms. The fraction of sp³-hybridized carbons (Fsp3) is 0.304. The second-order valence-electron chi connectivity index (χ2n) is 7.56. The lowest BCUT2D eigenvalue weighted by atomic mass is 10.0. The number of hydrogen-bond acceptors (Lipinski definition) is 5. The second kappa shape index (κ2) is 8.66. The van der Waals surface area contributed by atoms with Crippen LogP contribution in [0.1, 0.15) is 22.4 Å². The first kappa shape index (κ1) is 21.9. The number of aromatic nitrogens is 2. The fourth-order valence-corrected chi connectivity index (χ4v) is 3.81. The van der Waals surface area contributed by atoms with E-state index in [0.29, 0.717) is 54.4 Å². The Labute approximate surface area is 182 Å². The van der Waals surface area contributed by atoms with E-state index in [-0.39, 0.29) is 11.4 Å². The predicted molar refractivity (Wildman–Crippen MR) is 113 cm³/mol. The van der Waals surface area contributed by atoms with Gasteiger partial charge in [-0.1, -0.05) is 18.2 Å². The monoisotopic (exact) mass is 445 g/mol. The minimum absolute atomic E-state index is 0.274. The summed E-state index contributed by atoms with van der Waals surface area (Å²) in [6, 6.07) is 10.3. The van der Waals surface area contributed by atoms with E-state index in [4.69, 9.17) is 9.47 Å². The van der Waals surface area contributed by atoms with Crippen LogP contribution < -0.4 is 15.0 Å². The summed E-state index contributed by atoms with van der Waals surface area (Å²) < 4.78 is 49.0. The molecule has 1 aliphatic heterocycles. The fourth-order valence-electron chi connectivity index (χ4n) is 3.81. The van der Waals surface area contributed by atoms with Gasteiger partial charge < -0.3 is 14.5 Å². The van der Waals surface area contributed by atoms with Crippen LogP contribution in [-0.4, -0.2) is 35.6 Å². The maximum atomic E-state index is 12.8.